The fourth-order valence-electron chi connectivity index (χ4n) is 3.60. The van der Waals surface area contributed by atoms with Crippen molar-refractivity contribution in [2.45, 2.75) is 11.8 Å². The predicted octanol–water partition coefficient (Wildman–Crippen LogP) is 3.99. The van der Waals surface area contributed by atoms with Gasteiger partial charge in [-0.15, -0.1) is 0 Å². The number of hydrogen-bond acceptors (Lipinski definition) is 3. The molecule has 1 N–H and O–H groups in total. The summed E-state index contributed by atoms with van der Waals surface area (Å²) in [7, 11) is 1.66. The first-order valence-electron chi connectivity index (χ1n) is 8.62. The van der Waals surface area contributed by atoms with Crippen LogP contribution >= 0.6 is 0 Å². The molecule has 3 aromatic rings. The predicted molar refractivity (Wildman–Crippen MR) is 96.2 cm³/mol. The van der Waals surface area contributed by atoms with Gasteiger partial charge in [0.05, 0.1) is 17.4 Å². The second-order valence-electron chi connectivity index (χ2n) is 6.96. The van der Waals surface area contributed by atoms with E-state index in [0.29, 0.717) is 16.6 Å². The first-order valence-corrected chi connectivity index (χ1v) is 8.62. The SMILES string of the molecule is CN1C=CC(C(O)(c2ccc3c(cnn3-c3ccc(F)cc3)c2)C(F)(F)F)C1. The second kappa shape index (κ2) is 6.34. The van der Waals surface area contributed by atoms with Gasteiger partial charge in [0.1, 0.15) is 5.82 Å². The number of rotatable bonds is 3. The summed E-state index contributed by atoms with van der Waals surface area (Å²) in [5.74, 6) is -1.52. The van der Waals surface area contributed by atoms with Gasteiger partial charge in [-0.3, -0.25) is 0 Å². The zero-order valence-electron chi connectivity index (χ0n) is 14.9. The summed E-state index contributed by atoms with van der Waals surface area (Å²) in [6.45, 7) is 0.0584. The monoisotopic (exact) mass is 391 g/mol. The van der Waals surface area contributed by atoms with Crippen molar-refractivity contribution in [3.8, 4) is 5.69 Å². The molecule has 1 aliphatic heterocycles. The molecule has 0 saturated heterocycles. The van der Waals surface area contributed by atoms with Crippen LogP contribution in [0, 0.1) is 11.7 Å². The van der Waals surface area contributed by atoms with Gasteiger partial charge in [-0.25, -0.2) is 9.07 Å². The number of halogens is 4. The van der Waals surface area contributed by atoms with Crippen LogP contribution < -0.4 is 0 Å². The van der Waals surface area contributed by atoms with Gasteiger partial charge in [-0.05, 0) is 48.2 Å². The molecule has 2 unspecified atom stereocenters. The fourth-order valence-corrected chi connectivity index (χ4v) is 3.60. The summed E-state index contributed by atoms with van der Waals surface area (Å²) in [5, 5.41) is 15.4. The second-order valence-corrected chi connectivity index (χ2v) is 6.96. The minimum atomic E-state index is -4.85. The smallest absolute Gasteiger partial charge is 0.380 e. The number of benzene rings is 2. The van der Waals surface area contributed by atoms with E-state index in [-0.39, 0.29) is 12.1 Å². The molecule has 2 aromatic carbocycles. The topological polar surface area (TPSA) is 41.3 Å². The molecule has 4 nitrogen and oxygen atoms in total. The van der Waals surface area contributed by atoms with Crippen molar-refractivity contribution in [1.82, 2.24) is 14.7 Å². The lowest BCUT2D eigenvalue weighted by Gasteiger charge is -2.35. The van der Waals surface area contributed by atoms with Gasteiger partial charge in [-0.1, -0.05) is 12.1 Å². The van der Waals surface area contributed by atoms with Gasteiger partial charge in [0.2, 0.25) is 0 Å². The molecule has 0 spiro atoms. The quantitative estimate of drug-likeness (QED) is 0.687. The molecule has 0 radical (unpaired) electrons. The van der Waals surface area contributed by atoms with Gasteiger partial charge in [0.15, 0.2) is 5.60 Å². The summed E-state index contributed by atoms with van der Waals surface area (Å²) in [5.41, 5.74) is -2.12. The van der Waals surface area contributed by atoms with Gasteiger partial charge in [0.25, 0.3) is 0 Å². The number of alkyl halides is 3. The van der Waals surface area contributed by atoms with Gasteiger partial charge in [-0.2, -0.15) is 18.3 Å². The van der Waals surface area contributed by atoms with E-state index in [9.17, 15) is 22.7 Å². The van der Waals surface area contributed by atoms with E-state index in [4.69, 9.17) is 0 Å². The Hall–Kier alpha value is -2.87. The Morgan fingerprint density at radius 2 is 1.82 bits per heavy atom. The molecule has 146 valence electrons. The van der Waals surface area contributed by atoms with Crippen LogP contribution in [0.5, 0.6) is 0 Å². The summed E-state index contributed by atoms with van der Waals surface area (Å²) < 4.78 is 56.4. The van der Waals surface area contributed by atoms with Crippen molar-refractivity contribution < 1.29 is 22.7 Å². The van der Waals surface area contributed by atoms with Crippen LogP contribution in [0.4, 0.5) is 17.6 Å². The highest BCUT2D eigenvalue weighted by atomic mass is 19.4. The molecule has 1 aromatic heterocycles. The summed E-state index contributed by atoms with van der Waals surface area (Å²) in [4.78, 5) is 1.60. The third-order valence-electron chi connectivity index (χ3n) is 5.11. The normalized spacial score (nSPS) is 19.4. The minimum Gasteiger partial charge on any atom is -0.380 e. The molecule has 1 aliphatic rings. The van der Waals surface area contributed by atoms with E-state index in [1.807, 2.05) is 0 Å². The zero-order valence-corrected chi connectivity index (χ0v) is 14.9. The third-order valence-corrected chi connectivity index (χ3v) is 5.11. The molecular weight excluding hydrogens is 374 g/mol. The van der Waals surface area contributed by atoms with Gasteiger partial charge >= 0.3 is 6.18 Å². The molecule has 2 heterocycles. The average molecular weight is 391 g/mol. The van der Waals surface area contributed by atoms with Crippen LogP contribution in [-0.4, -0.2) is 39.6 Å². The molecule has 28 heavy (non-hydrogen) atoms. The van der Waals surface area contributed by atoms with Crippen LogP contribution in [0.1, 0.15) is 5.56 Å². The standard InChI is InChI=1S/C20H17F4N3O/c1-26-9-8-15(12-26)19(28,20(22,23)24)14-2-7-18-13(10-14)11-25-27(18)17-5-3-16(21)4-6-17/h2-11,15,28H,12H2,1H3. The highest BCUT2D eigenvalue weighted by molar-refractivity contribution is 5.81. The molecule has 0 bridgehead atoms. The molecule has 0 fully saturated rings. The molecule has 0 amide bonds. The molecule has 0 saturated carbocycles. The van der Waals surface area contributed by atoms with Crippen LogP contribution in [-0.2, 0) is 5.60 Å². The van der Waals surface area contributed by atoms with Crippen LogP contribution in [0.2, 0.25) is 0 Å². The number of aliphatic hydroxyl groups is 1. The molecule has 8 heteroatoms. The lowest BCUT2D eigenvalue weighted by molar-refractivity contribution is -0.280. The van der Waals surface area contributed by atoms with Crippen molar-refractivity contribution in [1.29, 1.82) is 0 Å². The van der Waals surface area contributed by atoms with Crippen molar-refractivity contribution >= 4 is 10.9 Å². The molecular formula is C20H17F4N3O. The number of nitrogens with zero attached hydrogens (tertiary/aromatic N) is 3. The van der Waals surface area contributed by atoms with Crippen molar-refractivity contribution in [2.24, 2.45) is 5.92 Å². The Bertz CT molecular complexity index is 1040. The Morgan fingerprint density at radius 1 is 1.11 bits per heavy atom. The van der Waals surface area contributed by atoms with E-state index >= 15 is 0 Å². The lowest BCUT2D eigenvalue weighted by Crippen LogP contribution is -2.49. The van der Waals surface area contributed by atoms with Gasteiger partial charge in [0, 0.05) is 24.9 Å². The number of hydrogen-bond donors (Lipinski definition) is 1. The number of aromatic nitrogens is 2. The van der Waals surface area contributed by atoms with Crippen LogP contribution in [0.25, 0.3) is 16.6 Å². The van der Waals surface area contributed by atoms with E-state index in [0.717, 1.165) is 0 Å². The fraction of sp³-hybridized carbons (Fsp3) is 0.250. The maximum absolute atomic E-state index is 13.9. The van der Waals surface area contributed by atoms with Crippen molar-refractivity contribution in [2.75, 3.05) is 13.6 Å². The molecule has 2 atom stereocenters. The highest BCUT2D eigenvalue weighted by Gasteiger charge is 2.59. The largest absolute Gasteiger partial charge is 0.422 e. The maximum atomic E-state index is 13.9. The Balaban J connectivity index is 1.80. The highest BCUT2D eigenvalue weighted by Crippen LogP contribution is 2.47. The number of fused-ring (bicyclic) bond motifs is 1. The first-order chi connectivity index (χ1) is 13.2. The molecule has 0 aliphatic carbocycles. The Morgan fingerprint density at radius 3 is 2.43 bits per heavy atom. The van der Waals surface area contributed by atoms with Crippen LogP contribution in [0.3, 0.4) is 0 Å². The van der Waals surface area contributed by atoms with E-state index in [2.05, 4.69) is 5.10 Å². The minimum absolute atomic E-state index is 0.0584. The summed E-state index contributed by atoms with van der Waals surface area (Å²) in [6, 6.07) is 9.68. The Labute approximate surface area is 158 Å². The third kappa shape index (κ3) is 2.84. The van der Waals surface area contributed by atoms with E-state index < -0.39 is 23.5 Å². The summed E-state index contributed by atoms with van der Waals surface area (Å²) in [6.07, 6.45) is -0.518. The molecule has 4 rings (SSSR count). The zero-order chi connectivity index (χ0) is 20.1. The Kier molecular flexibility index (Phi) is 4.19. The van der Waals surface area contributed by atoms with Crippen LogP contribution in [0.15, 0.2) is 60.9 Å². The summed E-state index contributed by atoms with van der Waals surface area (Å²) >= 11 is 0. The van der Waals surface area contributed by atoms with Gasteiger partial charge < -0.3 is 10.0 Å². The first kappa shape index (κ1) is 18.5. The lowest BCUT2D eigenvalue weighted by atomic mass is 9.80. The maximum Gasteiger partial charge on any atom is 0.422 e. The van der Waals surface area contributed by atoms with Crippen molar-refractivity contribution in [3.63, 3.8) is 0 Å². The van der Waals surface area contributed by atoms with E-state index in [1.54, 1.807) is 11.9 Å². The van der Waals surface area contributed by atoms with E-state index in [1.165, 1.54) is 65.6 Å². The average Bonchev–Trinajstić information content (AvgIpc) is 3.26. The van der Waals surface area contributed by atoms with Crippen molar-refractivity contribution in [3.05, 3.63) is 72.3 Å².